The molecule has 0 saturated carbocycles. The fourth-order valence-electron chi connectivity index (χ4n) is 4.24. The van der Waals surface area contributed by atoms with E-state index in [4.69, 9.17) is 25.6 Å². The molecule has 204 valence electrons. The minimum Gasteiger partial charge on any atom is -0.494 e. The van der Waals surface area contributed by atoms with E-state index in [0.717, 1.165) is 60.9 Å². The van der Waals surface area contributed by atoms with Gasteiger partial charge in [0.2, 0.25) is 0 Å². The van der Waals surface area contributed by atoms with Crippen LogP contribution < -0.4 is 20.1 Å². The third kappa shape index (κ3) is 7.80. The van der Waals surface area contributed by atoms with Crippen LogP contribution >= 0.6 is 11.3 Å². The van der Waals surface area contributed by atoms with Gasteiger partial charge >= 0.3 is 0 Å². The van der Waals surface area contributed by atoms with Gasteiger partial charge in [0.05, 0.1) is 24.5 Å². The molecule has 3 N–H and O–H groups in total. The van der Waals surface area contributed by atoms with Crippen LogP contribution in [0.2, 0.25) is 0 Å². The van der Waals surface area contributed by atoms with Gasteiger partial charge in [0, 0.05) is 35.9 Å². The molecule has 0 aliphatic heterocycles. The number of aryl methyl sites for hydroxylation is 1. The van der Waals surface area contributed by atoms with Gasteiger partial charge in [0.1, 0.15) is 17.3 Å². The zero-order valence-electron chi connectivity index (χ0n) is 22.7. The molecular weight excluding hydrogens is 506 g/mol. The highest BCUT2D eigenvalue weighted by Gasteiger charge is 2.16. The number of unbranched alkanes of at least 4 members (excludes halogenated alkanes) is 2. The molecule has 2 heterocycles. The maximum absolute atomic E-state index is 7.65. The first-order valence-electron chi connectivity index (χ1n) is 13.5. The van der Waals surface area contributed by atoms with Crippen LogP contribution in [0.25, 0.3) is 11.3 Å². The number of aromatic nitrogens is 2. The highest BCUT2D eigenvalue weighted by atomic mass is 32.1. The zero-order chi connectivity index (χ0) is 27.5. The number of hydrogen-bond acceptors (Lipinski definition) is 7. The summed E-state index contributed by atoms with van der Waals surface area (Å²) in [5.41, 5.74) is 9.61. The van der Waals surface area contributed by atoms with E-state index < -0.39 is 0 Å². The number of pyridine rings is 1. The average Bonchev–Trinajstić information content (AvgIpc) is 3.41. The molecule has 2 aromatic heterocycles. The van der Waals surface area contributed by atoms with Crippen LogP contribution in [-0.2, 0) is 13.0 Å². The first-order valence-corrected chi connectivity index (χ1v) is 14.3. The lowest BCUT2D eigenvalue weighted by molar-refractivity contribution is 0.279. The molecule has 0 aliphatic rings. The lowest BCUT2D eigenvalue weighted by Crippen LogP contribution is -2.21. The minimum absolute atomic E-state index is 0.0231. The summed E-state index contributed by atoms with van der Waals surface area (Å²) in [5.74, 6) is 1.55. The number of nitrogen functional groups attached to an aromatic ring is 1. The Morgan fingerprint density at radius 2 is 1.72 bits per heavy atom. The van der Waals surface area contributed by atoms with Gasteiger partial charge in [0.25, 0.3) is 0 Å². The van der Waals surface area contributed by atoms with E-state index in [1.54, 1.807) is 23.6 Å². The van der Waals surface area contributed by atoms with Gasteiger partial charge in [0.15, 0.2) is 5.13 Å². The Balaban J connectivity index is 1.25. The normalized spacial score (nSPS) is 10.8. The molecule has 0 aliphatic carbocycles. The van der Waals surface area contributed by atoms with E-state index in [0.29, 0.717) is 24.5 Å². The fourth-order valence-corrected chi connectivity index (χ4v) is 5.33. The second-order valence-electron chi connectivity index (χ2n) is 9.19. The van der Waals surface area contributed by atoms with Gasteiger partial charge in [-0.15, -0.1) is 11.3 Å². The van der Waals surface area contributed by atoms with Crippen LogP contribution in [-0.4, -0.2) is 35.6 Å². The number of hydrogen-bond donors (Lipinski definition) is 2. The number of nitrogens with two attached hydrogens (primary N) is 1. The number of anilines is 1. The van der Waals surface area contributed by atoms with E-state index >= 15 is 0 Å². The van der Waals surface area contributed by atoms with Gasteiger partial charge in [-0.2, -0.15) is 0 Å². The largest absolute Gasteiger partial charge is 0.494 e. The molecular formula is C31H37N5O2S. The summed E-state index contributed by atoms with van der Waals surface area (Å²) in [7, 11) is 0. The third-order valence-corrected chi connectivity index (χ3v) is 7.64. The molecule has 7 nitrogen and oxygen atoms in total. The summed E-state index contributed by atoms with van der Waals surface area (Å²) in [4.78, 5) is 12.9. The maximum Gasteiger partial charge on any atom is 0.186 e. The summed E-state index contributed by atoms with van der Waals surface area (Å²) in [5, 5.41) is 8.69. The number of ether oxygens (including phenoxy) is 2. The van der Waals surface area contributed by atoms with Crippen LogP contribution in [0.4, 0.5) is 5.13 Å². The minimum atomic E-state index is 0.0231. The fraction of sp³-hybridized carbons (Fsp3) is 0.323. The van der Waals surface area contributed by atoms with Gasteiger partial charge in [-0.1, -0.05) is 25.1 Å². The Morgan fingerprint density at radius 3 is 2.41 bits per heavy atom. The zero-order valence-corrected chi connectivity index (χ0v) is 23.5. The highest BCUT2D eigenvalue weighted by molar-refractivity contribution is 7.16. The van der Waals surface area contributed by atoms with Crippen molar-refractivity contribution in [2.24, 2.45) is 5.73 Å². The summed E-state index contributed by atoms with van der Waals surface area (Å²) in [6.07, 6.45) is 7.52. The topological polar surface area (TPSA) is 97.4 Å². The predicted molar refractivity (Wildman–Crippen MR) is 160 cm³/mol. The van der Waals surface area contributed by atoms with Crippen LogP contribution in [0.15, 0.2) is 73.1 Å². The lowest BCUT2D eigenvalue weighted by atomic mass is 10.1. The van der Waals surface area contributed by atoms with E-state index in [-0.39, 0.29) is 5.84 Å². The smallest absolute Gasteiger partial charge is 0.186 e. The van der Waals surface area contributed by atoms with Crippen molar-refractivity contribution in [2.45, 2.75) is 46.1 Å². The first-order chi connectivity index (χ1) is 19.1. The average molecular weight is 544 g/mol. The van der Waals surface area contributed by atoms with Crippen molar-refractivity contribution >= 4 is 22.3 Å². The van der Waals surface area contributed by atoms with Crippen LogP contribution in [0.5, 0.6) is 11.5 Å². The Bertz CT molecular complexity index is 1320. The number of nitrogens with one attached hydrogen (secondary N) is 1. The third-order valence-electron chi connectivity index (χ3n) is 6.38. The molecule has 0 unspecified atom stereocenters. The molecule has 0 atom stereocenters. The predicted octanol–water partition coefficient (Wildman–Crippen LogP) is 6.71. The van der Waals surface area contributed by atoms with Crippen LogP contribution in [0, 0.1) is 5.41 Å². The summed E-state index contributed by atoms with van der Waals surface area (Å²) >= 11 is 1.77. The second kappa shape index (κ2) is 14.3. The number of amidine groups is 1. The molecule has 0 saturated heterocycles. The van der Waals surface area contributed by atoms with Gasteiger partial charge in [-0.3, -0.25) is 10.4 Å². The molecule has 0 bridgehead atoms. The summed E-state index contributed by atoms with van der Waals surface area (Å²) in [6.45, 7) is 7.27. The molecule has 4 aromatic rings. The van der Waals surface area contributed by atoms with Crippen molar-refractivity contribution in [1.82, 2.24) is 9.97 Å². The molecule has 0 spiro atoms. The second-order valence-corrected chi connectivity index (χ2v) is 10.3. The number of nitrogens with zero attached hydrogens (tertiary/aromatic N) is 3. The summed E-state index contributed by atoms with van der Waals surface area (Å²) < 4.78 is 11.8. The maximum atomic E-state index is 7.65. The molecule has 0 fully saturated rings. The number of para-hydroxylation sites is 1. The van der Waals surface area contributed by atoms with E-state index in [1.165, 1.54) is 10.4 Å². The Kier molecular flexibility index (Phi) is 10.3. The monoisotopic (exact) mass is 543 g/mol. The van der Waals surface area contributed by atoms with Gasteiger partial charge < -0.3 is 20.1 Å². The number of thiazole rings is 1. The standard InChI is InChI=1S/C31H37N5O2S/c1-3-28-29(35-31(39-28)36(4-2)22-23-11-10-18-34-21-23)24-14-16-25(17-15-24)37-19-8-5-9-20-38-27-13-7-6-12-26(27)30(32)33/h6-7,10-18,21H,3-5,8-9,19-20,22H2,1-2H3,(H3,32,33). The number of rotatable bonds is 15. The van der Waals surface area contributed by atoms with E-state index in [1.807, 2.05) is 42.6 Å². The number of benzene rings is 2. The molecule has 8 heteroatoms. The van der Waals surface area contributed by atoms with Gasteiger partial charge in [-0.05, 0) is 80.6 Å². The van der Waals surface area contributed by atoms with Crippen molar-refractivity contribution in [3.8, 4) is 22.8 Å². The van der Waals surface area contributed by atoms with Crippen LogP contribution in [0.3, 0.4) is 0 Å². The summed E-state index contributed by atoms with van der Waals surface area (Å²) in [6, 6.07) is 19.7. The highest BCUT2D eigenvalue weighted by Crippen LogP contribution is 2.34. The quantitative estimate of drug-likeness (QED) is 0.0983. The Labute approximate surface area is 235 Å². The molecule has 0 amide bonds. The lowest BCUT2D eigenvalue weighted by Gasteiger charge is -2.19. The molecule has 0 radical (unpaired) electrons. The van der Waals surface area contributed by atoms with Crippen molar-refractivity contribution in [3.05, 3.63) is 89.1 Å². The van der Waals surface area contributed by atoms with Gasteiger partial charge in [-0.25, -0.2) is 4.98 Å². The Morgan fingerprint density at radius 1 is 0.949 bits per heavy atom. The van der Waals surface area contributed by atoms with Crippen molar-refractivity contribution in [3.63, 3.8) is 0 Å². The van der Waals surface area contributed by atoms with Crippen molar-refractivity contribution < 1.29 is 9.47 Å². The SMILES string of the molecule is CCc1sc(N(CC)Cc2cccnc2)nc1-c1ccc(OCCCCCOc2ccccc2C(=N)N)cc1. The molecule has 39 heavy (non-hydrogen) atoms. The van der Waals surface area contributed by atoms with Crippen LogP contribution in [0.1, 0.15) is 49.1 Å². The van der Waals surface area contributed by atoms with Crippen molar-refractivity contribution in [1.29, 1.82) is 5.41 Å². The van der Waals surface area contributed by atoms with E-state index in [2.05, 4.69) is 41.9 Å². The first kappa shape index (κ1) is 28.1. The van der Waals surface area contributed by atoms with E-state index in [9.17, 15) is 0 Å². The Hall–Kier alpha value is -3.91. The molecule has 4 rings (SSSR count). The molecule has 2 aromatic carbocycles. The van der Waals surface area contributed by atoms with Crippen molar-refractivity contribution in [2.75, 3.05) is 24.7 Å².